The van der Waals surface area contributed by atoms with Crippen molar-refractivity contribution in [1.82, 2.24) is 19.5 Å². The summed E-state index contributed by atoms with van der Waals surface area (Å²) >= 11 is 6.24. The molecule has 0 spiro atoms. The summed E-state index contributed by atoms with van der Waals surface area (Å²) in [7, 11) is 0. The van der Waals surface area contributed by atoms with E-state index in [-0.39, 0.29) is 29.2 Å². The average Bonchev–Trinajstić information content (AvgIpc) is 3.46. The van der Waals surface area contributed by atoms with Crippen LogP contribution in [0.1, 0.15) is 43.2 Å². The van der Waals surface area contributed by atoms with E-state index >= 15 is 0 Å². The monoisotopic (exact) mass is 381 g/mol. The number of fused-ring (bicyclic) bond motifs is 1. The second-order valence-corrected chi connectivity index (χ2v) is 6.89. The van der Waals surface area contributed by atoms with E-state index in [0.717, 1.165) is 12.8 Å². The predicted octanol–water partition coefficient (Wildman–Crippen LogP) is 2.80. The number of anilines is 2. The fourth-order valence-corrected chi connectivity index (χ4v) is 3.32. The lowest BCUT2D eigenvalue weighted by Crippen LogP contribution is -2.28. The van der Waals surface area contributed by atoms with Crippen LogP contribution in [0.4, 0.5) is 11.8 Å². The molecule has 1 atom stereocenters. The molecule has 27 heavy (non-hydrogen) atoms. The molecule has 8 nitrogen and oxygen atoms in total. The molecule has 4 rings (SSSR count). The number of benzene rings is 1. The first kappa shape index (κ1) is 17.2. The van der Waals surface area contributed by atoms with Crippen molar-refractivity contribution in [2.24, 2.45) is 0 Å². The summed E-state index contributed by atoms with van der Waals surface area (Å²) in [4.78, 5) is 25.7. The lowest BCUT2D eigenvalue weighted by molar-refractivity contribution is 0.609. The van der Waals surface area contributed by atoms with E-state index in [4.69, 9.17) is 22.3 Å². The van der Waals surface area contributed by atoms with E-state index < -0.39 is 0 Å². The summed E-state index contributed by atoms with van der Waals surface area (Å²) < 4.78 is 1.70. The van der Waals surface area contributed by atoms with Crippen LogP contribution >= 0.6 is 11.6 Å². The van der Waals surface area contributed by atoms with Gasteiger partial charge in [-0.25, -0.2) is 9.97 Å². The van der Waals surface area contributed by atoms with Crippen LogP contribution in [-0.2, 0) is 0 Å². The van der Waals surface area contributed by atoms with Gasteiger partial charge in [0.2, 0.25) is 5.95 Å². The number of rotatable bonds is 4. The highest BCUT2D eigenvalue weighted by Crippen LogP contribution is 2.36. The van der Waals surface area contributed by atoms with Gasteiger partial charge in [-0.1, -0.05) is 17.7 Å². The Hall–Kier alpha value is -3.18. The van der Waals surface area contributed by atoms with Gasteiger partial charge in [-0.2, -0.15) is 10.2 Å². The van der Waals surface area contributed by atoms with Gasteiger partial charge in [-0.05, 0) is 31.9 Å². The minimum absolute atomic E-state index is 0.0570. The Labute approximate surface area is 159 Å². The molecule has 3 aromatic rings. The first-order valence-electron chi connectivity index (χ1n) is 8.49. The van der Waals surface area contributed by atoms with E-state index in [1.165, 1.54) is 6.20 Å². The molecule has 1 saturated carbocycles. The molecule has 1 aliphatic rings. The number of hydrogen-bond acceptors (Lipinski definition) is 7. The van der Waals surface area contributed by atoms with Crippen molar-refractivity contribution in [3.63, 3.8) is 0 Å². The standard InChI is InChI=1S/C18H16ClN7O/c1-9(23-15-10(7-20)8-22-18(21)25-15)16-24-13-4-2-3-12(19)14(13)17(27)26(16)11-5-6-11/h2-4,8-9,11H,5-6H2,1H3,(H3,21,22,23,25)/t9-/m1/s1. The molecule has 1 aliphatic carbocycles. The van der Waals surface area contributed by atoms with Gasteiger partial charge in [0.1, 0.15) is 23.3 Å². The Kier molecular flexibility index (Phi) is 4.16. The molecule has 3 N–H and O–H groups in total. The van der Waals surface area contributed by atoms with E-state index in [1.54, 1.807) is 22.8 Å². The molecule has 0 aliphatic heterocycles. The lowest BCUT2D eigenvalue weighted by Gasteiger charge is -2.20. The Bertz CT molecular complexity index is 1150. The maximum Gasteiger partial charge on any atom is 0.263 e. The zero-order valence-corrected chi connectivity index (χ0v) is 15.2. The normalized spacial score (nSPS) is 14.7. The van der Waals surface area contributed by atoms with Crippen LogP contribution in [0.2, 0.25) is 5.02 Å². The van der Waals surface area contributed by atoms with E-state index in [9.17, 15) is 10.1 Å². The molecule has 1 fully saturated rings. The van der Waals surface area contributed by atoms with Crippen LogP contribution in [0.25, 0.3) is 10.9 Å². The van der Waals surface area contributed by atoms with Crippen molar-refractivity contribution in [3.05, 3.63) is 51.2 Å². The van der Waals surface area contributed by atoms with Gasteiger partial charge in [-0.15, -0.1) is 0 Å². The van der Waals surface area contributed by atoms with E-state index in [1.807, 2.05) is 13.0 Å². The van der Waals surface area contributed by atoms with Gasteiger partial charge in [0, 0.05) is 6.04 Å². The van der Waals surface area contributed by atoms with Crippen molar-refractivity contribution < 1.29 is 0 Å². The largest absolute Gasteiger partial charge is 0.368 e. The van der Waals surface area contributed by atoms with Crippen molar-refractivity contribution >= 4 is 34.3 Å². The highest BCUT2D eigenvalue weighted by atomic mass is 35.5. The number of nitrogen functional groups attached to an aromatic ring is 1. The fourth-order valence-electron chi connectivity index (χ4n) is 3.07. The molecule has 0 unspecified atom stereocenters. The van der Waals surface area contributed by atoms with Gasteiger partial charge in [0.05, 0.1) is 28.2 Å². The lowest BCUT2D eigenvalue weighted by atomic mass is 10.2. The number of nitrogens with two attached hydrogens (primary N) is 1. The highest BCUT2D eigenvalue weighted by molar-refractivity contribution is 6.35. The summed E-state index contributed by atoms with van der Waals surface area (Å²) in [6.07, 6.45) is 3.20. The van der Waals surface area contributed by atoms with Gasteiger partial charge in [0.25, 0.3) is 5.56 Å². The van der Waals surface area contributed by atoms with Gasteiger partial charge >= 0.3 is 0 Å². The maximum absolute atomic E-state index is 13.1. The first-order chi connectivity index (χ1) is 13.0. The number of hydrogen-bond donors (Lipinski definition) is 2. The van der Waals surface area contributed by atoms with E-state index in [0.29, 0.717) is 27.6 Å². The number of halogens is 1. The zero-order valence-electron chi connectivity index (χ0n) is 14.5. The Balaban J connectivity index is 1.84. The minimum atomic E-state index is -0.386. The first-order valence-corrected chi connectivity index (χ1v) is 8.87. The molecule has 0 bridgehead atoms. The molecule has 2 aromatic heterocycles. The zero-order chi connectivity index (χ0) is 19.1. The Morgan fingerprint density at radius 2 is 2.19 bits per heavy atom. The fraction of sp³-hybridized carbons (Fsp3) is 0.278. The maximum atomic E-state index is 13.1. The average molecular weight is 382 g/mol. The third-order valence-corrected chi connectivity index (χ3v) is 4.80. The second kappa shape index (κ2) is 6.52. The summed E-state index contributed by atoms with van der Waals surface area (Å²) in [5.41, 5.74) is 6.29. The topological polar surface area (TPSA) is 123 Å². The van der Waals surface area contributed by atoms with Crippen molar-refractivity contribution in [2.45, 2.75) is 31.8 Å². The third kappa shape index (κ3) is 3.06. The summed E-state index contributed by atoms with van der Waals surface area (Å²) in [6, 6.07) is 6.97. The van der Waals surface area contributed by atoms with Gasteiger partial charge in [-0.3, -0.25) is 9.36 Å². The summed E-state index contributed by atoms with van der Waals surface area (Å²) in [5.74, 6) is 0.931. The van der Waals surface area contributed by atoms with Gasteiger partial charge in [0.15, 0.2) is 0 Å². The number of nitrogens with one attached hydrogen (secondary N) is 1. The van der Waals surface area contributed by atoms with Crippen molar-refractivity contribution in [1.29, 1.82) is 5.26 Å². The van der Waals surface area contributed by atoms with E-state index in [2.05, 4.69) is 15.3 Å². The predicted molar refractivity (Wildman–Crippen MR) is 102 cm³/mol. The molecule has 1 aromatic carbocycles. The number of nitriles is 1. The molecule has 2 heterocycles. The second-order valence-electron chi connectivity index (χ2n) is 6.48. The summed E-state index contributed by atoms with van der Waals surface area (Å²) in [6.45, 7) is 1.86. The van der Waals surface area contributed by atoms with Gasteiger partial charge < -0.3 is 11.1 Å². The quantitative estimate of drug-likeness (QED) is 0.712. The van der Waals surface area contributed by atoms with Crippen LogP contribution in [-0.4, -0.2) is 19.5 Å². The summed E-state index contributed by atoms with van der Waals surface area (Å²) in [5, 5.41) is 13.2. The highest BCUT2D eigenvalue weighted by Gasteiger charge is 2.30. The molecule has 0 saturated heterocycles. The number of nitrogens with zero attached hydrogens (tertiary/aromatic N) is 5. The molecular weight excluding hydrogens is 366 g/mol. The molecule has 136 valence electrons. The smallest absolute Gasteiger partial charge is 0.263 e. The van der Waals surface area contributed by atoms with Crippen LogP contribution < -0.4 is 16.6 Å². The Morgan fingerprint density at radius 3 is 2.89 bits per heavy atom. The third-order valence-electron chi connectivity index (χ3n) is 4.49. The van der Waals surface area contributed by atoms with Crippen LogP contribution in [0.3, 0.4) is 0 Å². The van der Waals surface area contributed by atoms with Crippen LogP contribution in [0, 0.1) is 11.3 Å². The molecule has 0 amide bonds. The molecule has 9 heteroatoms. The van der Waals surface area contributed by atoms with Crippen LogP contribution in [0.5, 0.6) is 0 Å². The molecular formula is C18H16ClN7O. The number of aromatic nitrogens is 4. The Morgan fingerprint density at radius 1 is 1.41 bits per heavy atom. The van der Waals surface area contributed by atoms with Crippen LogP contribution in [0.15, 0.2) is 29.2 Å². The van der Waals surface area contributed by atoms with Crippen molar-refractivity contribution in [2.75, 3.05) is 11.1 Å². The van der Waals surface area contributed by atoms with Crippen molar-refractivity contribution in [3.8, 4) is 6.07 Å². The SMILES string of the molecule is C[C@@H](Nc1nc(N)ncc1C#N)c1nc2cccc(Cl)c2c(=O)n1C1CC1. The minimum Gasteiger partial charge on any atom is -0.368 e. The molecule has 0 radical (unpaired) electrons.